The number of halogens is 2. The molecule has 0 heterocycles. The summed E-state index contributed by atoms with van der Waals surface area (Å²) in [5.41, 5.74) is 0.803. The van der Waals surface area contributed by atoms with Crippen molar-refractivity contribution >= 4 is 22.6 Å². The summed E-state index contributed by atoms with van der Waals surface area (Å²) in [4.78, 5) is 0. The third kappa shape index (κ3) is 1.92. The second kappa shape index (κ2) is 3.52. The highest BCUT2D eigenvalue weighted by Crippen LogP contribution is 2.21. The first-order valence-corrected chi connectivity index (χ1v) is 4.64. The van der Waals surface area contributed by atoms with E-state index in [1.54, 1.807) is 6.07 Å². The Morgan fingerprint density at radius 1 is 1.36 bits per heavy atom. The molecule has 0 nitrogen and oxygen atoms in total. The van der Waals surface area contributed by atoms with E-state index in [9.17, 15) is 4.39 Å². The van der Waals surface area contributed by atoms with Crippen molar-refractivity contribution in [1.29, 1.82) is 0 Å². The standard InChI is InChI=1S/C9H10FI/c1-6(2)7-4-3-5-8(11)9(7)10/h3-6H,1-2H3. The van der Waals surface area contributed by atoms with Crippen LogP contribution in [0.1, 0.15) is 25.3 Å². The quantitative estimate of drug-likeness (QED) is 0.680. The lowest BCUT2D eigenvalue weighted by Crippen LogP contribution is -1.94. The molecule has 0 aromatic heterocycles. The van der Waals surface area contributed by atoms with Gasteiger partial charge in [0, 0.05) is 3.57 Å². The van der Waals surface area contributed by atoms with Crippen molar-refractivity contribution in [2.24, 2.45) is 0 Å². The molecular weight excluding hydrogens is 254 g/mol. The highest BCUT2D eigenvalue weighted by Gasteiger charge is 2.07. The Labute approximate surface area is 80.0 Å². The molecule has 0 saturated carbocycles. The van der Waals surface area contributed by atoms with Gasteiger partial charge in [-0.25, -0.2) is 4.39 Å². The molecule has 0 saturated heterocycles. The first-order chi connectivity index (χ1) is 5.13. The molecule has 0 radical (unpaired) electrons. The topological polar surface area (TPSA) is 0 Å². The molecule has 1 aromatic rings. The third-order valence-corrected chi connectivity index (χ3v) is 2.44. The van der Waals surface area contributed by atoms with Crippen molar-refractivity contribution in [3.05, 3.63) is 33.1 Å². The molecule has 0 bridgehead atoms. The Morgan fingerprint density at radius 2 is 2.00 bits per heavy atom. The summed E-state index contributed by atoms with van der Waals surface area (Å²) < 4.78 is 13.9. The van der Waals surface area contributed by atoms with Crippen LogP contribution in [0.5, 0.6) is 0 Å². The van der Waals surface area contributed by atoms with Crippen molar-refractivity contribution in [2.45, 2.75) is 19.8 Å². The summed E-state index contributed by atoms with van der Waals surface area (Å²) in [6.07, 6.45) is 0. The smallest absolute Gasteiger partial charge is 0.139 e. The Morgan fingerprint density at radius 3 is 2.45 bits per heavy atom. The number of hydrogen-bond acceptors (Lipinski definition) is 0. The maximum absolute atomic E-state index is 13.2. The molecule has 0 amide bonds. The zero-order valence-corrected chi connectivity index (χ0v) is 8.72. The average Bonchev–Trinajstić information content (AvgIpc) is 1.94. The minimum absolute atomic E-state index is 0.0666. The van der Waals surface area contributed by atoms with Crippen LogP contribution in [0.3, 0.4) is 0 Å². The summed E-state index contributed by atoms with van der Waals surface area (Å²) in [5, 5.41) is 0. The van der Waals surface area contributed by atoms with Crippen LogP contribution in [0.15, 0.2) is 18.2 Å². The Balaban J connectivity index is 3.17. The van der Waals surface area contributed by atoms with Crippen molar-refractivity contribution < 1.29 is 4.39 Å². The molecule has 0 atom stereocenters. The highest BCUT2D eigenvalue weighted by molar-refractivity contribution is 14.1. The van der Waals surface area contributed by atoms with Crippen LogP contribution in [0.4, 0.5) is 4.39 Å². The van der Waals surface area contributed by atoms with E-state index >= 15 is 0 Å². The molecule has 1 aromatic carbocycles. The summed E-state index contributed by atoms with van der Waals surface area (Å²) in [6.45, 7) is 3.99. The number of benzene rings is 1. The minimum atomic E-state index is -0.0666. The van der Waals surface area contributed by atoms with Crippen molar-refractivity contribution in [2.75, 3.05) is 0 Å². The van der Waals surface area contributed by atoms with Gasteiger partial charge < -0.3 is 0 Å². The Bertz CT molecular complexity index is 256. The fraction of sp³-hybridized carbons (Fsp3) is 0.333. The SMILES string of the molecule is CC(C)c1cccc(I)c1F. The molecule has 0 aliphatic rings. The molecule has 0 aliphatic carbocycles. The van der Waals surface area contributed by atoms with E-state index in [-0.39, 0.29) is 11.7 Å². The van der Waals surface area contributed by atoms with Crippen LogP contribution in [0, 0.1) is 9.39 Å². The molecular formula is C9H10FI. The van der Waals surface area contributed by atoms with E-state index in [4.69, 9.17) is 0 Å². The van der Waals surface area contributed by atoms with Gasteiger partial charge in [0.1, 0.15) is 5.82 Å². The lowest BCUT2D eigenvalue weighted by atomic mass is 10.0. The fourth-order valence-electron chi connectivity index (χ4n) is 0.966. The largest absolute Gasteiger partial charge is 0.206 e. The zero-order valence-electron chi connectivity index (χ0n) is 6.57. The van der Waals surface area contributed by atoms with Crippen LogP contribution in [0.2, 0.25) is 0 Å². The van der Waals surface area contributed by atoms with Gasteiger partial charge in [-0.1, -0.05) is 26.0 Å². The third-order valence-electron chi connectivity index (χ3n) is 1.60. The molecule has 0 aliphatic heterocycles. The predicted molar refractivity (Wildman–Crippen MR) is 53.2 cm³/mol. The summed E-state index contributed by atoms with van der Waals surface area (Å²) >= 11 is 2.01. The van der Waals surface area contributed by atoms with Crippen molar-refractivity contribution in [3.8, 4) is 0 Å². The molecule has 0 fully saturated rings. The van der Waals surface area contributed by atoms with Gasteiger partial charge in [0.25, 0.3) is 0 Å². The van der Waals surface area contributed by atoms with Gasteiger partial charge in [-0.15, -0.1) is 0 Å². The molecule has 2 heteroatoms. The average molecular weight is 264 g/mol. The summed E-state index contributed by atoms with van der Waals surface area (Å²) in [6, 6.07) is 5.50. The van der Waals surface area contributed by atoms with Gasteiger partial charge >= 0.3 is 0 Å². The maximum Gasteiger partial charge on any atom is 0.139 e. The molecule has 0 unspecified atom stereocenters. The normalized spacial score (nSPS) is 10.6. The van der Waals surface area contributed by atoms with E-state index in [1.165, 1.54) is 0 Å². The lowest BCUT2D eigenvalue weighted by Gasteiger charge is -2.06. The lowest BCUT2D eigenvalue weighted by molar-refractivity contribution is 0.591. The molecule has 1 rings (SSSR count). The minimum Gasteiger partial charge on any atom is -0.206 e. The van der Waals surface area contributed by atoms with Gasteiger partial charge in [0.2, 0.25) is 0 Å². The van der Waals surface area contributed by atoms with E-state index in [0.29, 0.717) is 3.57 Å². The van der Waals surface area contributed by atoms with Crippen LogP contribution in [0.25, 0.3) is 0 Å². The van der Waals surface area contributed by atoms with Crippen molar-refractivity contribution in [3.63, 3.8) is 0 Å². The first kappa shape index (κ1) is 8.97. The van der Waals surface area contributed by atoms with E-state index in [2.05, 4.69) is 0 Å². The van der Waals surface area contributed by atoms with Crippen LogP contribution >= 0.6 is 22.6 Å². The predicted octanol–water partition coefficient (Wildman–Crippen LogP) is 3.55. The number of hydrogen-bond donors (Lipinski definition) is 0. The molecule has 0 spiro atoms. The van der Waals surface area contributed by atoms with E-state index < -0.39 is 0 Å². The molecule has 60 valence electrons. The van der Waals surface area contributed by atoms with Gasteiger partial charge in [0.05, 0.1) is 0 Å². The van der Waals surface area contributed by atoms with Crippen molar-refractivity contribution in [1.82, 2.24) is 0 Å². The van der Waals surface area contributed by atoms with Crippen LogP contribution < -0.4 is 0 Å². The second-order valence-corrected chi connectivity index (χ2v) is 3.96. The van der Waals surface area contributed by atoms with Crippen LogP contribution in [-0.4, -0.2) is 0 Å². The maximum atomic E-state index is 13.2. The Hall–Kier alpha value is -0.120. The molecule has 0 N–H and O–H groups in total. The highest BCUT2D eigenvalue weighted by atomic mass is 127. The van der Waals surface area contributed by atoms with Gasteiger partial charge in [-0.05, 0) is 40.1 Å². The zero-order chi connectivity index (χ0) is 8.43. The summed E-state index contributed by atoms with van der Waals surface area (Å²) in [7, 11) is 0. The summed E-state index contributed by atoms with van der Waals surface area (Å²) in [5.74, 6) is 0.202. The monoisotopic (exact) mass is 264 g/mol. The van der Waals surface area contributed by atoms with Gasteiger partial charge in [-0.3, -0.25) is 0 Å². The van der Waals surface area contributed by atoms with Crippen LogP contribution in [-0.2, 0) is 0 Å². The molecule has 11 heavy (non-hydrogen) atoms. The Kier molecular flexibility index (Phi) is 2.87. The fourth-order valence-corrected chi connectivity index (χ4v) is 1.49. The van der Waals surface area contributed by atoms with Gasteiger partial charge in [-0.2, -0.15) is 0 Å². The van der Waals surface area contributed by atoms with E-state index in [0.717, 1.165) is 5.56 Å². The second-order valence-electron chi connectivity index (χ2n) is 2.80. The number of rotatable bonds is 1. The first-order valence-electron chi connectivity index (χ1n) is 3.57. The van der Waals surface area contributed by atoms with Gasteiger partial charge in [0.15, 0.2) is 0 Å². The van der Waals surface area contributed by atoms with E-state index in [1.807, 2.05) is 48.6 Å².